The fourth-order valence-corrected chi connectivity index (χ4v) is 1.29. The molecule has 0 spiro atoms. The number of rotatable bonds is 4. The molecule has 5 nitrogen and oxygen atoms in total. The number of hydrogen-bond donors (Lipinski definition) is 1. The van der Waals surface area contributed by atoms with Gasteiger partial charge >= 0.3 is 11.9 Å². The second-order valence-corrected chi connectivity index (χ2v) is 6.70. The highest BCUT2D eigenvalue weighted by Crippen LogP contribution is 2.18. The molecule has 0 aliphatic rings. The maximum atomic E-state index is 12.0. The van der Waals surface area contributed by atoms with E-state index >= 15 is 0 Å². The minimum absolute atomic E-state index is 0.0205. The first-order valence-electron chi connectivity index (χ1n) is 6.51. The smallest absolute Gasteiger partial charge is 0.339 e. The van der Waals surface area contributed by atoms with Gasteiger partial charge in [0.2, 0.25) is 0 Å². The van der Waals surface area contributed by atoms with Crippen LogP contribution in [0, 0.1) is 12.3 Å². The molecule has 0 aromatic carbocycles. The summed E-state index contributed by atoms with van der Waals surface area (Å²) in [4.78, 5) is 23.6. The molecule has 0 aromatic heterocycles. The number of ether oxygens (including phenoxy) is 2. The molecule has 0 unspecified atom stereocenters. The van der Waals surface area contributed by atoms with E-state index in [0.717, 1.165) is 0 Å². The SMILES string of the molecule is C#C[C@](N)(CCC(=O)OC(C)(C)C)C(=O)OC(C)(C)C. The zero-order valence-electron chi connectivity index (χ0n) is 13.2. The monoisotopic (exact) mass is 283 g/mol. The lowest BCUT2D eigenvalue weighted by molar-refractivity contribution is -0.160. The van der Waals surface area contributed by atoms with Gasteiger partial charge in [0.25, 0.3) is 0 Å². The fraction of sp³-hybridized carbons (Fsp3) is 0.733. The summed E-state index contributed by atoms with van der Waals surface area (Å²) >= 11 is 0. The van der Waals surface area contributed by atoms with E-state index < -0.39 is 28.7 Å². The molecule has 0 aliphatic carbocycles. The molecule has 114 valence electrons. The van der Waals surface area contributed by atoms with Gasteiger partial charge in [-0.2, -0.15) is 0 Å². The van der Waals surface area contributed by atoms with Crippen LogP contribution in [0.15, 0.2) is 0 Å². The van der Waals surface area contributed by atoms with Crippen LogP contribution in [0.25, 0.3) is 0 Å². The van der Waals surface area contributed by atoms with Crippen LogP contribution >= 0.6 is 0 Å². The zero-order valence-corrected chi connectivity index (χ0v) is 13.2. The molecule has 0 fully saturated rings. The van der Waals surface area contributed by atoms with Crippen LogP contribution in [0.3, 0.4) is 0 Å². The highest BCUT2D eigenvalue weighted by Gasteiger charge is 2.37. The van der Waals surface area contributed by atoms with Crippen molar-refractivity contribution in [2.45, 2.75) is 71.1 Å². The quantitative estimate of drug-likeness (QED) is 0.628. The molecule has 0 saturated carbocycles. The Kier molecular flexibility index (Phi) is 5.79. The van der Waals surface area contributed by atoms with Crippen LogP contribution in [0.2, 0.25) is 0 Å². The Morgan fingerprint density at radius 3 is 1.85 bits per heavy atom. The maximum absolute atomic E-state index is 12.0. The van der Waals surface area contributed by atoms with Gasteiger partial charge in [0.1, 0.15) is 11.2 Å². The number of hydrogen-bond acceptors (Lipinski definition) is 5. The Morgan fingerprint density at radius 1 is 1.05 bits per heavy atom. The summed E-state index contributed by atoms with van der Waals surface area (Å²) in [5.41, 5.74) is 2.94. The summed E-state index contributed by atoms with van der Waals surface area (Å²) in [6, 6.07) is 0. The lowest BCUT2D eigenvalue weighted by atomic mass is 9.95. The number of esters is 2. The van der Waals surface area contributed by atoms with Gasteiger partial charge in [0.15, 0.2) is 5.54 Å². The summed E-state index contributed by atoms with van der Waals surface area (Å²) in [7, 11) is 0. The van der Waals surface area contributed by atoms with Crippen molar-refractivity contribution >= 4 is 11.9 Å². The number of carbonyl (C=O) groups excluding carboxylic acids is 2. The highest BCUT2D eigenvalue weighted by molar-refractivity contribution is 5.85. The largest absolute Gasteiger partial charge is 0.460 e. The molecule has 2 N–H and O–H groups in total. The van der Waals surface area contributed by atoms with Crippen LogP contribution in [-0.4, -0.2) is 28.7 Å². The third-order valence-electron chi connectivity index (χ3n) is 2.16. The zero-order chi connectivity index (χ0) is 16.2. The van der Waals surface area contributed by atoms with Gasteiger partial charge in [-0.3, -0.25) is 4.79 Å². The van der Waals surface area contributed by atoms with Crippen molar-refractivity contribution in [3.05, 3.63) is 0 Å². The van der Waals surface area contributed by atoms with E-state index in [2.05, 4.69) is 5.92 Å². The van der Waals surface area contributed by atoms with Gasteiger partial charge in [0, 0.05) is 6.42 Å². The van der Waals surface area contributed by atoms with Crippen molar-refractivity contribution in [2.75, 3.05) is 0 Å². The van der Waals surface area contributed by atoms with E-state index in [1.807, 2.05) is 0 Å². The second-order valence-electron chi connectivity index (χ2n) is 6.70. The lowest BCUT2D eigenvalue weighted by Crippen LogP contribution is -2.50. The number of carbonyl (C=O) groups is 2. The molecule has 1 atom stereocenters. The first-order valence-corrected chi connectivity index (χ1v) is 6.51. The minimum Gasteiger partial charge on any atom is -0.460 e. The van der Waals surface area contributed by atoms with Crippen molar-refractivity contribution in [3.63, 3.8) is 0 Å². The van der Waals surface area contributed by atoms with Gasteiger partial charge in [-0.25, -0.2) is 4.79 Å². The van der Waals surface area contributed by atoms with Gasteiger partial charge < -0.3 is 15.2 Å². The Labute approximate surface area is 121 Å². The molecule has 0 radical (unpaired) electrons. The third-order valence-corrected chi connectivity index (χ3v) is 2.16. The Hall–Kier alpha value is -1.54. The van der Waals surface area contributed by atoms with Gasteiger partial charge in [-0.1, -0.05) is 5.92 Å². The topological polar surface area (TPSA) is 78.6 Å². The van der Waals surface area contributed by atoms with E-state index in [9.17, 15) is 9.59 Å². The van der Waals surface area contributed by atoms with Gasteiger partial charge in [-0.15, -0.1) is 6.42 Å². The van der Waals surface area contributed by atoms with Crippen molar-refractivity contribution in [3.8, 4) is 12.3 Å². The highest BCUT2D eigenvalue weighted by atomic mass is 16.6. The average molecular weight is 283 g/mol. The Bertz CT molecular complexity index is 409. The summed E-state index contributed by atoms with van der Waals surface area (Å²) in [5, 5.41) is 0. The molecular weight excluding hydrogens is 258 g/mol. The second kappa shape index (κ2) is 6.27. The Balaban J connectivity index is 4.66. The van der Waals surface area contributed by atoms with E-state index in [4.69, 9.17) is 21.6 Å². The number of terminal acetylenes is 1. The first-order chi connectivity index (χ1) is 8.79. The van der Waals surface area contributed by atoms with Crippen LogP contribution < -0.4 is 5.73 Å². The minimum atomic E-state index is -1.62. The first kappa shape index (κ1) is 18.5. The van der Waals surface area contributed by atoms with Gasteiger partial charge in [0.05, 0.1) is 0 Å². The van der Waals surface area contributed by atoms with Crippen molar-refractivity contribution < 1.29 is 19.1 Å². The molecule has 0 amide bonds. The predicted molar refractivity (Wildman–Crippen MR) is 76.7 cm³/mol. The van der Waals surface area contributed by atoms with Crippen molar-refractivity contribution in [2.24, 2.45) is 5.73 Å². The maximum Gasteiger partial charge on any atom is 0.339 e. The fourth-order valence-electron chi connectivity index (χ4n) is 1.29. The molecule has 20 heavy (non-hydrogen) atoms. The van der Waals surface area contributed by atoms with Crippen molar-refractivity contribution in [1.29, 1.82) is 0 Å². The van der Waals surface area contributed by atoms with E-state index in [0.29, 0.717) is 0 Å². The van der Waals surface area contributed by atoms with Crippen molar-refractivity contribution in [1.82, 2.24) is 0 Å². The van der Waals surface area contributed by atoms with Crippen LogP contribution in [-0.2, 0) is 19.1 Å². The van der Waals surface area contributed by atoms with E-state index in [-0.39, 0.29) is 12.8 Å². The predicted octanol–water partition coefficient (Wildman–Crippen LogP) is 1.78. The Morgan fingerprint density at radius 2 is 1.50 bits per heavy atom. The normalized spacial score (nSPS) is 14.9. The van der Waals surface area contributed by atoms with Gasteiger partial charge in [-0.05, 0) is 48.0 Å². The molecule has 0 aliphatic heterocycles. The average Bonchev–Trinajstić information content (AvgIpc) is 2.21. The van der Waals surface area contributed by atoms with Crippen LogP contribution in [0.4, 0.5) is 0 Å². The molecule has 0 bridgehead atoms. The lowest BCUT2D eigenvalue weighted by Gasteiger charge is -2.27. The molecular formula is C15H25NO4. The van der Waals surface area contributed by atoms with E-state index in [1.54, 1.807) is 41.5 Å². The molecule has 0 heterocycles. The standard InChI is InChI=1S/C15H25NO4/c1-8-15(16,12(18)20-14(5,6)7)10-9-11(17)19-13(2,3)4/h1H,9-10,16H2,2-7H3/t15-/m0/s1. The molecule has 0 aromatic rings. The summed E-state index contributed by atoms with van der Waals surface area (Å²) in [6.45, 7) is 10.4. The van der Waals surface area contributed by atoms with E-state index in [1.165, 1.54) is 0 Å². The van der Waals surface area contributed by atoms with Crippen LogP contribution in [0.5, 0.6) is 0 Å². The molecule has 0 saturated heterocycles. The number of nitrogens with two attached hydrogens (primary N) is 1. The summed E-state index contributed by atoms with van der Waals surface area (Å²) in [6.07, 6.45) is 5.25. The molecule has 5 heteroatoms. The summed E-state index contributed by atoms with van der Waals surface area (Å²) < 4.78 is 10.3. The van der Waals surface area contributed by atoms with Crippen LogP contribution in [0.1, 0.15) is 54.4 Å². The summed E-state index contributed by atoms with van der Waals surface area (Å²) in [5.74, 6) is 1.05. The third kappa shape index (κ3) is 7.15. The molecule has 0 rings (SSSR count).